The highest BCUT2D eigenvalue weighted by Crippen LogP contribution is 2.19. The molecule has 0 aliphatic rings. The molecule has 1 amide bonds. The maximum Gasteiger partial charge on any atom is 0.242 e. The van der Waals surface area contributed by atoms with Gasteiger partial charge in [0, 0.05) is 27.1 Å². The van der Waals surface area contributed by atoms with Crippen molar-refractivity contribution >= 4 is 15.9 Å². The van der Waals surface area contributed by atoms with Gasteiger partial charge in [-0.2, -0.15) is 0 Å². The molecule has 0 spiro atoms. The van der Waals surface area contributed by atoms with E-state index in [1.165, 1.54) is 38.4 Å². The number of carbonyl (C=O) groups excluding carboxylic acids is 1. The summed E-state index contributed by atoms with van der Waals surface area (Å²) in [7, 11) is -0.789. The highest BCUT2D eigenvalue weighted by Gasteiger charge is 2.21. The third-order valence-corrected chi connectivity index (χ3v) is 4.31. The Balaban J connectivity index is 2.83. The van der Waals surface area contributed by atoms with Crippen molar-refractivity contribution < 1.29 is 18.3 Å². The fourth-order valence-electron chi connectivity index (χ4n) is 1.33. The Labute approximate surface area is 106 Å². The lowest BCUT2D eigenvalue weighted by Crippen LogP contribution is -2.31. The van der Waals surface area contributed by atoms with E-state index in [1.807, 2.05) is 0 Å². The first-order chi connectivity index (χ1) is 8.37. The van der Waals surface area contributed by atoms with Crippen LogP contribution in [0.5, 0.6) is 5.75 Å². The number of sulfonamides is 1. The van der Waals surface area contributed by atoms with Crippen LogP contribution in [0.4, 0.5) is 0 Å². The molecule has 0 fully saturated rings. The molecule has 0 atom stereocenters. The standard InChI is InChI=1S/C11H16N2O4S/c1-12-11(15)6-7-13(2)18(16,17)10-5-3-4-9(14)8-10/h3-5,8,14H,6-7H2,1-2H3,(H,12,15). The van der Waals surface area contributed by atoms with E-state index in [-0.39, 0.29) is 29.5 Å². The minimum Gasteiger partial charge on any atom is -0.508 e. The monoisotopic (exact) mass is 272 g/mol. The summed E-state index contributed by atoms with van der Waals surface area (Å²) in [6, 6.07) is 5.41. The lowest BCUT2D eigenvalue weighted by atomic mass is 10.3. The van der Waals surface area contributed by atoms with E-state index in [0.29, 0.717) is 0 Å². The molecule has 0 aliphatic carbocycles. The van der Waals surface area contributed by atoms with Crippen LogP contribution in [0.3, 0.4) is 0 Å². The van der Waals surface area contributed by atoms with Gasteiger partial charge in [0.25, 0.3) is 0 Å². The van der Waals surface area contributed by atoms with Crippen LogP contribution in [0, 0.1) is 0 Å². The third-order valence-electron chi connectivity index (χ3n) is 2.46. The fourth-order valence-corrected chi connectivity index (χ4v) is 2.54. The number of hydrogen-bond acceptors (Lipinski definition) is 4. The summed E-state index contributed by atoms with van der Waals surface area (Å²) in [5, 5.41) is 11.7. The van der Waals surface area contributed by atoms with E-state index in [9.17, 15) is 18.3 Å². The zero-order valence-corrected chi connectivity index (χ0v) is 11.1. The summed E-state index contributed by atoms with van der Waals surface area (Å²) in [6.45, 7) is 0.0810. The van der Waals surface area contributed by atoms with Gasteiger partial charge in [-0.1, -0.05) is 6.07 Å². The van der Waals surface area contributed by atoms with Gasteiger partial charge >= 0.3 is 0 Å². The zero-order chi connectivity index (χ0) is 13.8. The SMILES string of the molecule is CNC(=O)CCN(C)S(=O)(=O)c1cccc(O)c1. The van der Waals surface area contributed by atoms with Crippen LogP contribution in [0.25, 0.3) is 0 Å². The summed E-state index contributed by atoms with van der Waals surface area (Å²) in [5.41, 5.74) is 0. The molecule has 1 aromatic carbocycles. The average Bonchev–Trinajstić information content (AvgIpc) is 2.35. The molecule has 0 saturated heterocycles. The Morgan fingerprint density at radius 2 is 2.11 bits per heavy atom. The van der Waals surface area contributed by atoms with Crippen molar-refractivity contribution in [3.8, 4) is 5.75 Å². The Bertz CT molecular complexity index is 528. The normalized spacial score (nSPS) is 11.5. The van der Waals surface area contributed by atoms with Crippen LogP contribution < -0.4 is 5.32 Å². The van der Waals surface area contributed by atoms with Gasteiger partial charge in [0.05, 0.1) is 4.90 Å². The number of hydrogen-bond donors (Lipinski definition) is 2. The average molecular weight is 272 g/mol. The molecule has 1 rings (SSSR count). The molecule has 1 aromatic rings. The number of amides is 1. The Morgan fingerprint density at radius 3 is 2.67 bits per heavy atom. The van der Waals surface area contributed by atoms with Crippen molar-refractivity contribution in [1.82, 2.24) is 9.62 Å². The number of phenols is 1. The molecule has 0 radical (unpaired) electrons. The summed E-state index contributed by atoms with van der Waals surface area (Å²) in [4.78, 5) is 11.1. The molecule has 0 aromatic heterocycles. The zero-order valence-electron chi connectivity index (χ0n) is 10.3. The van der Waals surface area contributed by atoms with Crippen LogP contribution in [0.2, 0.25) is 0 Å². The number of rotatable bonds is 5. The second-order valence-electron chi connectivity index (χ2n) is 3.75. The van der Waals surface area contributed by atoms with E-state index in [1.54, 1.807) is 0 Å². The summed E-state index contributed by atoms with van der Waals surface area (Å²) in [6.07, 6.45) is 0.0883. The minimum absolute atomic E-state index is 0.00177. The lowest BCUT2D eigenvalue weighted by molar-refractivity contribution is -0.120. The Morgan fingerprint density at radius 1 is 1.44 bits per heavy atom. The van der Waals surface area contributed by atoms with Gasteiger partial charge in [0.15, 0.2) is 0 Å². The molecule has 0 saturated carbocycles. The van der Waals surface area contributed by atoms with Crippen LogP contribution in [-0.4, -0.2) is 44.4 Å². The Hall–Kier alpha value is -1.60. The quantitative estimate of drug-likeness (QED) is 0.798. The van der Waals surface area contributed by atoms with E-state index in [4.69, 9.17) is 0 Å². The van der Waals surface area contributed by atoms with Crippen LogP contribution in [-0.2, 0) is 14.8 Å². The van der Waals surface area contributed by atoms with Gasteiger partial charge in [-0.25, -0.2) is 12.7 Å². The van der Waals surface area contributed by atoms with Crippen LogP contribution in [0.15, 0.2) is 29.2 Å². The van der Waals surface area contributed by atoms with Crippen molar-refractivity contribution in [3.63, 3.8) is 0 Å². The molecular formula is C11H16N2O4S. The fraction of sp³-hybridized carbons (Fsp3) is 0.364. The molecule has 0 bridgehead atoms. The van der Waals surface area contributed by atoms with Crippen molar-refractivity contribution in [3.05, 3.63) is 24.3 Å². The van der Waals surface area contributed by atoms with Crippen molar-refractivity contribution in [1.29, 1.82) is 0 Å². The molecule has 0 unspecified atom stereocenters. The van der Waals surface area contributed by atoms with E-state index >= 15 is 0 Å². The first-order valence-corrected chi connectivity index (χ1v) is 6.78. The largest absolute Gasteiger partial charge is 0.508 e. The molecule has 7 heteroatoms. The summed E-state index contributed by atoms with van der Waals surface area (Å²) < 4.78 is 25.2. The van der Waals surface area contributed by atoms with Gasteiger partial charge < -0.3 is 10.4 Å². The first-order valence-electron chi connectivity index (χ1n) is 5.34. The van der Waals surface area contributed by atoms with Crippen LogP contribution in [0.1, 0.15) is 6.42 Å². The first kappa shape index (κ1) is 14.5. The topological polar surface area (TPSA) is 86.7 Å². The molecular weight excluding hydrogens is 256 g/mol. The van der Waals surface area contributed by atoms with E-state index in [2.05, 4.69) is 5.32 Å². The predicted octanol–water partition coefficient (Wildman–Crippen LogP) is 0.149. The second kappa shape index (κ2) is 5.83. The van der Waals surface area contributed by atoms with Crippen molar-refractivity contribution in [2.45, 2.75) is 11.3 Å². The van der Waals surface area contributed by atoms with Gasteiger partial charge in [0.2, 0.25) is 15.9 Å². The summed E-state index contributed by atoms with van der Waals surface area (Å²) in [5.74, 6) is -0.344. The molecule has 6 nitrogen and oxygen atoms in total. The number of carbonyl (C=O) groups is 1. The Kier molecular flexibility index (Phi) is 4.69. The number of nitrogens with zero attached hydrogens (tertiary/aromatic N) is 1. The predicted molar refractivity (Wildman–Crippen MR) is 66.6 cm³/mol. The molecule has 2 N–H and O–H groups in total. The third kappa shape index (κ3) is 3.44. The number of nitrogens with one attached hydrogen (secondary N) is 1. The van der Waals surface area contributed by atoms with Gasteiger partial charge in [-0.3, -0.25) is 4.79 Å². The number of aromatic hydroxyl groups is 1. The molecule has 18 heavy (non-hydrogen) atoms. The highest BCUT2D eigenvalue weighted by atomic mass is 32.2. The second-order valence-corrected chi connectivity index (χ2v) is 5.79. The van der Waals surface area contributed by atoms with Crippen LogP contribution >= 0.6 is 0 Å². The lowest BCUT2D eigenvalue weighted by Gasteiger charge is -2.16. The maximum atomic E-state index is 12.1. The number of benzene rings is 1. The van der Waals surface area contributed by atoms with E-state index in [0.717, 1.165) is 4.31 Å². The molecule has 100 valence electrons. The smallest absolute Gasteiger partial charge is 0.242 e. The van der Waals surface area contributed by atoms with Crippen molar-refractivity contribution in [2.75, 3.05) is 20.6 Å². The maximum absolute atomic E-state index is 12.1. The van der Waals surface area contributed by atoms with Gasteiger partial charge in [0.1, 0.15) is 5.75 Å². The van der Waals surface area contributed by atoms with Crippen molar-refractivity contribution in [2.24, 2.45) is 0 Å². The number of phenolic OH excluding ortho intramolecular Hbond substituents is 1. The molecule has 0 heterocycles. The highest BCUT2D eigenvalue weighted by molar-refractivity contribution is 7.89. The molecule has 0 aliphatic heterocycles. The van der Waals surface area contributed by atoms with E-state index < -0.39 is 10.0 Å². The minimum atomic E-state index is -3.67. The van der Waals surface area contributed by atoms with Gasteiger partial charge in [-0.15, -0.1) is 0 Å². The summed E-state index contributed by atoms with van der Waals surface area (Å²) >= 11 is 0. The van der Waals surface area contributed by atoms with Gasteiger partial charge in [-0.05, 0) is 18.2 Å².